The zero-order valence-corrected chi connectivity index (χ0v) is 19.4. The molecule has 1 aliphatic rings. The maximum Gasteiger partial charge on any atom is 0.432 e. The molecular weight excluding hydrogens is 527 g/mol. The van der Waals surface area contributed by atoms with E-state index in [9.17, 15) is 49.1 Å². The molecule has 1 saturated heterocycles. The van der Waals surface area contributed by atoms with Gasteiger partial charge in [-0.25, -0.2) is 17.8 Å². The van der Waals surface area contributed by atoms with Crippen LogP contribution in [-0.2, 0) is 33.6 Å². The van der Waals surface area contributed by atoms with Crippen molar-refractivity contribution < 1.29 is 49.1 Å². The number of anilines is 1. The fourth-order valence-electron chi connectivity index (χ4n) is 4.04. The lowest BCUT2D eigenvalue weighted by Crippen LogP contribution is -2.56. The minimum absolute atomic E-state index is 0.297. The number of imidazole rings is 1. The van der Waals surface area contributed by atoms with Crippen LogP contribution >= 0.6 is 0 Å². The van der Waals surface area contributed by atoms with Crippen molar-refractivity contribution in [2.24, 2.45) is 12.8 Å². The lowest BCUT2D eigenvalue weighted by molar-refractivity contribution is -0.258. The number of nitrogens with two attached hydrogens (primary N) is 1. The first-order valence-electron chi connectivity index (χ1n) is 10.1. The molecule has 0 spiro atoms. The number of alkyl halides is 6. The van der Waals surface area contributed by atoms with Crippen molar-refractivity contribution in [1.82, 2.24) is 13.9 Å². The summed E-state index contributed by atoms with van der Waals surface area (Å²) in [5.41, 5.74) is -2.74. The Bertz CT molecular complexity index is 1280. The van der Waals surface area contributed by atoms with E-state index in [1.165, 1.54) is 6.92 Å². The van der Waals surface area contributed by atoms with Gasteiger partial charge in [0.1, 0.15) is 11.5 Å². The summed E-state index contributed by atoms with van der Waals surface area (Å²) in [6, 6.07) is 0.880. The van der Waals surface area contributed by atoms with Gasteiger partial charge in [0, 0.05) is 38.4 Å². The van der Waals surface area contributed by atoms with E-state index < -0.39 is 74.3 Å². The minimum Gasteiger partial charge on any atom is -0.368 e. The standard InChI is InChI=1S/C19H20F7N5O4S/c1-10-8-30(13-4-3-11(20)7-12(13)18(21,22)23)5-6-31(10)36(34,35)15-14(29(2)9-28-15)17(33,16(27)32)19(24,25)26/h3-4,7,9-10,33H,5-6,8H2,1-2H3,(H2,27,32)/t10-,17+/m1/s1. The molecule has 2 atom stereocenters. The number of sulfonamides is 1. The quantitative estimate of drug-likeness (QED) is 0.550. The van der Waals surface area contributed by atoms with E-state index >= 15 is 0 Å². The Morgan fingerprint density at radius 1 is 1.17 bits per heavy atom. The minimum atomic E-state index is -5.71. The zero-order valence-electron chi connectivity index (χ0n) is 18.6. The number of amides is 1. The number of primary amides is 1. The number of benzene rings is 1. The molecular formula is C19H20F7N5O4S. The van der Waals surface area contributed by atoms with Crippen molar-refractivity contribution in [3.63, 3.8) is 0 Å². The molecule has 17 heteroatoms. The van der Waals surface area contributed by atoms with Crippen LogP contribution in [0.2, 0.25) is 0 Å². The Balaban J connectivity index is 2.01. The fraction of sp³-hybridized carbons (Fsp3) is 0.474. The van der Waals surface area contributed by atoms with E-state index in [4.69, 9.17) is 5.73 Å². The van der Waals surface area contributed by atoms with Crippen molar-refractivity contribution in [1.29, 1.82) is 0 Å². The van der Waals surface area contributed by atoms with Gasteiger partial charge >= 0.3 is 12.4 Å². The summed E-state index contributed by atoms with van der Waals surface area (Å²) >= 11 is 0. The highest BCUT2D eigenvalue weighted by molar-refractivity contribution is 7.89. The van der Waals surface area contributed by atoms with E-state index in [1.807, 2.05) is 0 Å². The van der Waals surface area contributed by atoms with Gasteiger partial charge < -0.3 is 20.3 Å². The number of nitrogens with zero attached hydrogens (tertiary/aromatic N) is 4. The maximum atomic E-state index is 13.7. The number of rotatable bonds is 5. The zero-order chi connectivity index (χ0) is 27.4. The summed E-state index contributed by atoms with van der Waals surface area (Å²) in [4.78, 5) is 16.3. The van der Waals surface area contributed by atoms with Gasteiger partial charge in [0.15, 0.2) is 5.03 Å². The molecule has 36 heavy (non-hydrogen) atoms. The second kappa shape index (κ2) is 8.88. The number of aromatic nitrogens is 2. The Morgan fingerprint density at radius 2 is 1.78 bits per heavy atom. The number of piperazine rings is 1. The lowest BCUT2D eigenvalue weighted by atomic mass is 9.98. The molecule has 0 saturated carbocycles. The van der Waals surface area contributed by atoms with Crippen LogP contribution in [0.1, 0.15) is 18.2 Å². The summed E-state index contributed by atoms with van der Waals surface area (Å²) in [6.45, 7) is 0.0810. The van der Waals surface area contributed by atoms with Crippen molar-refractivity contribution in [2.75, 3.05) is 24.5 Å². The van der Waals surface area contributed by atoms with E-state index in [0.29, 0.717) is 21.3 Å². The number of halogens is 7. The van der Waals surface area contributed by atoms with Crippen LogP contribution in [0.15, 0.2) is 29.6 Å². The Morgan fingerprint density at radius 3 is 2.28 bits per heavy atom. The number of aryl methyl sites for hydroxylation is 1. The van der Waals surface area contributed by atoms with Crippen molar-refractivity contribution >= 4 is 21.6 Å². The molecule has 1 fully saturated rings. The van der Waals surface area contributed by atoms with Gasteiger partial charge in [-0.05, 0) is 25.1 Å². The highest BCUT2D eigenvalue weighted by Crippen LogP contribution is 2.42. The van der Waals surface area contributed by atoms with Gasteiger partial charge in [-0.1, -0.05) is 0 Å². The largest absolute Gasteiger partial charge is 0.432 e. The molecule has 200 valence electrons. The average molecular weight is 547 g/mol. The van der Waals surface area contributed by atoms with Crippen LogP contribution in [0.3, 0.4) is 0 Å². The first-order chi connectivity index (χ1) is 16.3. The van der Waals surface area contributed by atoms with E-state index in [-0.39, 0.29) is 13.1 Å². The summed E-state index contributed by atoms with van der Waals surface area (Å²) < 4.78 is 123. The van der Waals surface area contributed by atoms with Crippen molar-refractivity contribution in [2.45, 2.75) is 35.9 Å². The van der Waals surface area contributed by atoms with E-state index in [1.54, 1.807) is 0 Å². The lowest BCUT2D eigenvalue weighted by Gasteiger charge is -2.40. The molecule has 1 aromatic heterocycles. The average Bonchev–Trinajstić information content (AvgIpc) is 3.13. The van der Waals surface area contributed by atoms with E-state index in [2.05, 4.69) is 4.98 Å². The third kappa shape index (κ3) is 4.50. The number of hydrogen-bond donors (Lipinski definition) is 2. The summed E-state index contributed by atoms with van der Waals surface area (Å²) in [5.74, 6) is -3.42. The molecule has 9 nitrogen and oxygen atoms in total. The Labute approximate surface area is 200 Å². The van der Waals surface area contributed by atoms with Gasteiger partial charge in [-0.2, -0.15) is 30.6 Å². The molecule has 3 rings (SSSR count). The SMILES string of the molecule is C[C@@H]1CN(c2ccc(F)cc2C(F)(F)F)CCN1S(=O)(=O)c1ncn(C)c1[C@](O)(C(N)=O)C(F)(F)F. The van der Waals surface area contributed by atoms with Gasteiger partial charge in [-0.15, -0.1) is 0 Å². The van der Waals surface area contributed by atoms with Gasteiger partial charge in [-0.3, -0.25) is 4.79 Å². The Hall–Kier alpha value is -2.92. The normalized spacial score (nSPS) is 19.8. The number of hydrogen-bond acceptors (Lipinski definition) is 6. The molecule has 1 amide bonds. The molecule has 3 N–H and O–H groups in total. The third-order valence-electron chi connectivity index (χ3n) is 5.74. The first-order valence-corrected chi connectivity index (χ1v) is 11.5. The molecule has 2 aromatic rings. The monoisotopic (exact) mass is 547 g/mol. The predicted molar refractivity (Wildman–Crippen MR) is 109 cm³/mol. The number of carbonyl (C=O) groups excluding carboxylic acids is 1. The van der Waals surface area contributed by atoms with Gasteiger partial charge in [0.25, 0.3) is 21.5 Å². The first kappa shape index (κ1) is 27.7. The highest BCUT2D eigenvalue weighted by Gasteiger charge is 2.64. The van der Waals surface area contributed by atoms with Crippen LogP contribution in [0.5, 0.6) is 0 Å². The molecule has 0 bridgehead atoms. The predicted octanol–water partition coefficient (Wildman–Crippen LogP) is 1.71. The summed E-state index contributed by atoms with van der Waals surface area (Å²) in [7, 11) is -4.01. The molecule has 1 aliphatic heterocycles. The third-order valence-corrected chi connectivity index (χ3v) is 7.68. The van der Waals surface area contributed by atoms with Crippen molar-refractivity contribution in [3.05, 3.63) is 41.6 Å². The molecule has 2 heterocycles. The van der Waals surface area contributed by atoms with Crippen LogP contribution in [-0.4, -0.2) is 65.1 Å². The second-order valence-electron chi connectivity index (χ2n) is 8.15. The molecule has 1 aromatic carbocycles. The smallest absolute Gasteiger partial charge is 0.368 e. The van der Waals surface area contributed by atoms with Crippen LogP contribution in [0.25, 0.3) is 0 Å². The fourth-order valence-corrected chi connectivity index (χ4v) is 5.84. The van der Waals surface area contributed by atoms with Crippen LogP contribution in [0, 0.1) is 5.82 Å². The maximum absolute atomic E-state index is 13.7. The highest BCUT2D eigenvalue weighted by atomic mass is 32.2. The van der Waals surface area contributed by atoms with E-state index in [0.717, 1.165) is 24.1 Å². The van der Waals surface area contributed by atoms with Crippen LogP contribution in [0.4, 0.5) is 36.4 Å². The van der Waals surface area contributed by atoms with Crippen LogP contribution < -0.4 is 10.6 Å². The number of carbonyl (C=O) groups is 1. The number of aliphatic hydroxyl groups is 1. The summed E-state index contributed by atoms with van der Waals surface area (Å²) in [5, 5.41) is 8.92. The van der Waals surface area contributed by atoms with Gasteiger partial charge in [0.2, 0.25) is 0 Å². The molecule has 0 aliphatic carbocycles. The molecule has 0 unspecified atom stereocenters. The Kier molecular flexibility index (Phi) is 6.82. The van der Waals surface area contributed by atoms with Crippen molar-refractivity contribution in [3.8, 4) is 0 Å². The summed E-state index contributed by atoms with van der Waals surface area (Å²) in [6.07, 6.45) is -9.99. The molecule has 0 radical (unpaired) electrons. The van der Waals surface area contributed by atoms with Gasteiger partial charge in [0.05, 0.1) is 11.9 Å². The second-order valence-corrected chi connectivity index (χ2v) is 9.96. The topological polar surface area (TPSA) is 122 Å².